The van der Waals surface area contributed by atoms with Gasteiger partial charge in [-0.15, -0.1) is 0 Å². The zero-order valence-corrected chi connectivity index (χ0v) is 33.6. The number of aliphatic hydroxyl groups excluding tert-OH is 1. The molecule has 0 unspecified atom stereocenters. The van der Waals surface area contributed by atoms with Crippen molar-refractivity contribution in [3.05, 3.63) is 0 Å². The van der Waals surface area contributed by atoms with E-state index in [1.807, 2.05) is 53.6 Å². The number of nitrogens with zero attached hydrogens (tertiary/aromatic N) is 3. The summed E-state index contributed by atoms with van der Waals surface area (Å²) >= 11 is 0. The number of ether oxygens (including phenoxy) is 6. The summed E-state index contributed by atoms with van der Waals surface area (Å²) in [7, 11) is 7.12. The second kappa shape index (κ2) is 17.3. The molecule has 14 heteroatoms. The molecule has 4 saturated heterocycles. The molecule has 0 saturated carbocycles. The van der Waals surface area contributed by atoms with Crippen molar-refractivity contribution in [3.8, 4) is 0 Å². The van der Waals surface area contributed by atoms with Crippen LogP contribution >= 0.6 is 0 Å². The fraction of sp³-hybridized carbons (Fsp3) is 0.921. The van der Waals surface area contributed by atoms with Gasteiger partial charge in [0.15, 0.2) is 18.7 Å². The van der Waals surface area contributed by atoms with Crippen LogP contribution < -0.4 is 0 Å². The number of fused-ring (bicyclic) bond motifs is 1. The maximum atomic E-state index is 14.6. The number of carbonyl (C=O) groups is 3. The Balaban J connectivity index is 1.78. The van der Waals surface area contributed by atoms with Crippen molar-refractivity contribution in [2.75, 3.05) is 41.3 Å². The predicted molar refractivity (Wildman–Crippen MR) is 192 cm³/mol. The fourth-order valence-electron chi connectivity index (χ4n) is 9.22. The average Bonchev–Trinajstić information content (AvgIpc) is 3.51. The third-order valence-electron chi connectivity index (χ3n) is 11.9. The normalized spacial score (nSPS) is 44.4. The summed E-state index contributed by atoms with van der Waals surface area (Å²) in [5.41, 5.74) is -2.49. The van der Waals surface area contributed by atoms with Crippen LogP contribution in [0.25, 0.3) is 0 Å². The molecule has 0 aromatic heterocycles. The molecular formula is C38H67N3O11. The summed E-state index contributed by atoms with van der Waals surface area (Å²) in [5.74, 6) is -2.20. The van der Waals surface area contributed by atoms with Crippen LogP contribution in [0, 0.1) is 17.8 Å². The SMILES string of the molecule is CO[C@]1(C)C[C@H](O[C@H]2[C@H](C)[C@@H](O[C@@H]3O[C@H](C)C[C@H](N(C)C)[C@H]3O)[C@](C)(O)C[C@@H](C)CN(C)C(=O)C[C@@H]3CCCN3C(=O)[C@@H]2C)O[C@@H](C)[C@@H]1OC(C)=O. The zero-order chi connectivity index (χ0) is 38.9. The maximum absolute atomic E-state index is 14.6. The van der Waals surface area contributed by atoms with E-state index in [1.54, 1.807) is 37.8 Å². The van der Waals surface area contributed by atoms with E-state index >= 15 is 0 Å². The molecule has 0 bridgehead atoms. The van der Waals surface area contributed by atoms with Crippen molar-refractivity contribution in [2.24, 2.45) is 17.8 Å². The lowest BCUT2D eigenvalue weighted by Crippen LogP contribution is -2.61. The lowest BCUT2D eigenvalue weighted by atomic mass is 9.77. The maximum Gasteiger partial charge on any atom is 0.303 e. The van der Waals surface area contributed by atoms with Crippen LogP contribution in [0.1, 0.15) is 93.9 Å². The van der Waals surface area contributed by atoms with E-state index in [4.69, 9.17) is 28.4 Å². The number of aliphatic hydroxyl groups is 2. The third-order valence-corrected chi connectivity index (χ3v) is 11.9. The number of esters is 1. The van der Waals surface area contributed by atoms with Gasteiger partial charge in [0.05, 0.1) is 35.9 Å². The van der Waals surface area contributed by atoms with Crippen molar-refractivity contribution >= 4 is 17.8 Å². The van der Waals surface area contributed by atoms with E-state index in [0.29, 0.717) is 19.5 Å². The first kappa shape index (κ1) is 42.8. The highest BCUT2D eigenvalue weighted by Gasteiger charge is 2.53. The molecule has 4 fully saturated rings. The molecule has 0 aromatic rings. The third kappa shape index (κ3) is 9.66. The largest absolute Gasteiger partial charge is 0.457 e. The van der Waals surface area contributed by atoms with Gasteiger partial charge in [0, 0.05) is 65.0 Å². The van der Waals surface area contributed by atoms with Crippen LogP contribution in [0.2, 0.25) is 0 Å². The molecule has 2 amide bonds. The van der Waals surface area contributed by atoms with Crippen LogP contribution in [0.3, 0.4) is 0 Å². The molecule has 0 aromatic carbocycles. The molecule has 2 N–H and O–H groups in total. The monoisotopic (exact) mass is 741 g/mol. The summed E-state index contributed by atoms with van der Waals surface area (Å²) in [6, 6.07) is -0.489. The molecular weight excluding hydrogens is 674 g/mol. The standard InChI is InChI=1S/C38H67N3O11/c1-21-18-37(7,46)33(52-36-31(44)28(39(9)10)16-22(2)48-36)23(3)32(51-30-19-38(8,47-12)34(25(5)49-30)50-26(6)42)24(4)35(45)41-15-13-14-27(41)17-29(43)40(11)20-21/h21-25,27-28,30-34,36,44,46H,13-20H2,1-12H3/t21-,22-,23+,24-,25+,27+,28+,30+,31-,32+,33-,34+,36+,37-,38-/m1/s1. The van der Waals surface area contributed by atoms with E-state index in [9.17, 15) is 24.6 Å². The van der Waals surface area contributed by atoms with Gasteiger partial charge in [-0.3, -0.25) is 14.4 Å². The van der Waals surface area contributed by atoms with Crippen LogP contribution in [-0.4, -0.2) is 157 Å². The van der Waals surface area contributed by atoms with E-state index in [1.165, 1.54) is 6.92 Å². The Labute approximate surface area is 310 Å². The zero-order valence-electron chi connectivity index (χ0n) is 33.6. The first-order valence-corrected chi connectivity index (χ1v) is 19.1. The number of amides is 2. The van der Waals surface area contributed by atoms with Gasteiger partial charge < -0.3 is 53.3 Å². The van der Waals surface area contributed by atoms with Gasteiger partial charge in [0.2, 0.25) is 11.8 Å². The minimum absolute atomic E-state index is 0.0527. The highest BCUT2D eigenvalue weighted by molar-refractivity contribution is 5.82. The van der Waals surface area contributed by atoms with Gasteiger partial charge in [-0.25, -0.2) is 0 Å². The minimum atomic E-state index is -1.52. The summed E-state index contributed by atoms with van der Waals surface area (Å²) in [6.45, 7) is 15.2. The minimum Gasteiger partial charge on any atom is -0.457 e. The molecule has 0 aliphatic carbocycles. The van der Waals surface area contributed by atoms with Crippen LogP contribution in [-0.2, 0) is 42.8 Å². The number of likely N-dealkylation sites (N-methyl/N-ethyl adjacent to an activating group) is 1. The van der Waals surface area contributed by atoms with Gasteiger partial charge >= 0.3 is 5.97 Å². The van der Waals surface area contributed by atoms with E-state index in [-0.39, 0.29) is 55.2 Å². The lowest BCUT2D eigenvalue weighted by Gasteiger charge is -2.49. The number of methoxy groups -OCH3 is 1. The van der Waals surface area contributed by atoms with Crippen molar-refractivity contribution in [2.45, 2.75) is 166 Å². The Hall–Kier alpha value is -1.91. The van der Waals surface area contributed by atoms with Gasteiger partial charge in [0.25, 0.3) is 0 Å². The number of hydrogen-bond acceptors (Lipinski definition) is 12. The summed E-state index contributed by atoms with van der Waals surface area (Å²) in [6.07, 6.45) is -3.60. The summed E-state index contributed by atoms with van der Waals surface area (Å²) < 4.78 is 37.8. The second-order valence-electron chi connectivity index (χ2n) is 16.9. The van der Waals surface area contributed by atoms with Crippen molar-refractivity contribution in [1.29, 1.82) is 0 Å². The van der Waals surface area contributed by atoms with Crippen molar-refractivity contribution in [3.63, 3.8) is 0 Å². The quantitative estimate of drug-likeness (QED) is 0.369. The van der Waals surface area contributed by atoms with Crippen LogP contribution in [0.4, 0.5) is 0 Å². The molecule has 4 rings (SSSR count). The Morgan fingerprint density at radius 1 is 1.02 bits per heavy atom. The first-order chi connectivity index (χ1) is 24.2. The highest BCUT2D eigenvalue weighted by atomic mass is 16.7. The topological polar surface area (TPSA) is 157 Å². The number of hydrogen-bond donors (Lipinski definition) is 2. The fourth-order valence-corrected chi connectivity index (χ4v) is 9.22. The number of rotatable bonds is 7. The average molecular weight is 742 g/mol. The molecule has 4 aliphatic heterocycles. The molecule has 0 spiro atoms. The predicted octanol–water partition coefficient (Wildman–Crippen LogP) is 2.56. The van der Waals surface area contributed by atoms with E-state index < -0.39 is 72.1 Å². The first-order valence-electron chi connectivity index (χ1n) is 19.1. The molecule has 15 atom stereocenters. The van der Waals surface area contributed by atoms with E-state index in [0.717, 1.165) is 12.8 Å². The Bertz CT molecular complexity index is 1240. The van der Waals surface area contributed by atoms with E-state index in [2.05, 4.69) is 0 Å². The van der Waals surface area contributed by atoms with Gasteiger partial charge in [-0.1, -0.05) is 20.8 Å². The van der Waals surface area contributed by atoms with Gasteiger partial charge in [-0.05, 0) is 73.4 Å². The summed E-state index contributed by atoms with van der Waals surface area (Å²) in [5, 5.41) is 24.0. The van der Waals surface area contributed by atoms with Crippen LogP contribution in [0.5, 0.6) is 0 Å². The second-order valence-corrected chi connectivity index (χ2v) is 16.9. The molecule has 0 radical (unpaired) electrons. The molecule has 4 heterocycles. The lowest BCUT2D eigenvalue weighted by molar-refractivity contribution is -0.318. The van der Waals surface area contributed by atoms with Gasteiger partial charge in [0.1, 0.15) is 11.7 Å². The van der Waals surface area contributed by atoms with Crippen molar-refractivity contribution < 1.29 is 53.0 Å². The Morgan fingerprint density at radius 2 is 1.69 bits per heavy atom. The Morgan fingerprint density at radius 3 is 2.31 bits per heavy atom. The van der Waals surface area contributed by atoms with Crippen LogP contribution in [0.15, 0.2) is 0 Å². The van der Waals surface area contributed by atoms with Crippen molar-refractivity contribution in [1.82, 2.24) is 14.7 Å². The summed E-state index contributed by atoms with van der Waals surface area (Å²) in [4.78, 5) is 45.5. The molecule has 52 heavy (non-hydrogen) atoms. The van der Waals surface area contributed by atoms with Gasteiger partial charge in [-0.2, -0.15) is 0 Å². The Kier molecular flexibility index (Phi) is 14.2. The highest BCUT2D eigenvalue weighted by Crippen LogP contribution is 2.41. The smallest absolute Gasteiger partial charge is 0.303 e. The molecule has 4 aliphatic rings. The molecule has 300 valence electrons. The number of carbonyl (C=O) groups excluding carboxylic acids is 3. The molecule has 14 nitrogen and oxygen atoms in total.